The van der Waals surface area contributed by atoms with Gasteiger partial charge in [0.1, 0.15) is 5.71 Å². The molecule has 5 nitrogen and oxygen atoms in total. The Hall–Kier alpha value is -2.08. The quantitative estimate of drug-likeness (QED) is 0.677. The van der Waals surface area contributed by atoms with Gasteiger partial charge in [-0.2, -0.15) is 5.10 Å². The Morgan fingerprint density at radius 1 is 1.06 bits per heavy atom. The third kappa shape index (κ3) is 3.95. The summed E-state index contributed by atoms with van der Waals surface area (Å²) >= 11 is 12.6. The summed E-state index contributed by atoms with van der Waals surface area (Å²) in [6, 6.07) is 15.4. The van der Waals surface area contributed by atoms with E-state index in [1.807, 2.05) is 29.3 Å². The van der Waals surface area contributed by atoms with Gasteiger partial charge in [-0.15, -0.1) is 0 Å². The number of hydrazine groups is 1. The van der Waals surface area contributed by atoms with Gasteiger partial charge in [0.25, 0.3) is 5.91 Å². The van der Waals surface area contributed by atoms with Gasteiger partial charge in [0.05, 0.1) is 16.8 Å². The van der Waals surface area contributed by atoms with Gasteiger partial charge in [-0.25, -0.2) is 5.01 Å². The number of amides is 1. The summed E-state index contributed by atoms with van der Waals surface area (Å²) in [7, 11) is 0. The molecule has 5 rings (SSSR count). The van der Waals surface area contributed by atoms with Crippen LogP contribution in [0.5, 0.6) is 0 Å². The third-order valence-corrected chi connectivity index (χ3v) is 7.44. The summed E-state index contributed by atoms with van der Waals surface area (Å²) in [5.41, 5.74) is 5.48. The maximum absolute atomic E-state index is 13.3. The molecule has 2 aliphatic heterocycles. The minimum atomic E-state index is -0.126. The van der Waals surface area contributed by atoms with E-state index in [0.717, 1.165) is 24.3 Å². The zero-order valence-corrected chi connectivity index (χ0v) is 19.0. The number of fused-ring (bicyclic) bond motifs is 1. The van der Waals surface area contributed by atoms with E-state index in [4.69, 9.17) is 28.3 Å². The molecule has 2 heterocycles. The van der Waals surface area contributed by atoms with Crippen LogP contribution in [-0.2, 0) is 4.79 Å². The van der Waals surface area contributed by atoms with Crippen molar-refractivity contribution in [1.82, 2.24) is 10.4 Å². The highest BCUT2D eigenvalue weighted by molar-refractivity contribution is 6.41. The second-order valence-corrected chi connectivity index (χ2v) is 9.71. The van der Waals surface area contributed by atoms with Gasteiger partial charge in [0.15, 0.2) is 0 Å². The Morgan fingerprint density at radius 2 is 1.77 bits per heavy atom. The van der Waals surface area contributed by atoms with Crippen LogP contribution in [0.3, 0.4) is 0 Å². The van der Waals surface area contributed by atoms with Gasteiger partial charge in [-0.3, -0.25) is 15.2 Å². The second-order valence-electron chi connectivity index (χ2n) is 8.87. The first-order valence-corrected chi connectivity index (χ1v) is 11.7. The van der Waals surface area contributed by atoms with Crippen molar-refractivity contribution in [2.75, 3.05) is 18.1 Å². The van der Waals surface area contributed by atoms with E-state index < -0.39 is 0 Å². The van der Waals surface area contributed by atoms with Crippen molar-refractivity contribution in [3.63, 3.8) is 0 Å². The van der Waals surface area contributed by atoms with Gasteiger partial charge >= 0.3 is 0 Å². The lowest BCUT2D eigenvalue weighted by Crippen LogP contribution is -2.45. The third-order valence-electron chi connectivity index (χ3n) is 6.90. The summed E-state index contributed by atoms with van der Waals surface area (Å²) in [5, 5.41) is 9.82. The molecule has 0 bridgehead atoms. The van der Waals surface area contributed by atoms with Gasteiger partial charge < -0.3 is 0 Å². The highest BCUT2D eigenvalue weighted by atomic mass is 35.5. The van der Waals surface area contributed by atoms with Crippen LogP contribution >= 0.6 is 23.2 Å². The average Bonchev–Trinajstić information content (AvgIpc) is 3.42. The summed E-state index contributed by atoms with van der Waals surface area (Å²) in [5.74, 6) is 1.20. The van der Waals surface area contributed by atoms with Crippen molar-refractivity contribution in [3.8, 4) is 0 Å². The average molecular weight is 457 g/mol. The molecular formula is C24H26Cl2N4O. The predicted molar refractivity (Wildman–Crippen MR) is 125 cm³/mol. The van der Waals surface area contributed by atoms with Crippen LogP contribution in [0.1, 0.15) is 37.8 Å². The van der Waals surface area contributed by atoms with Crippen LogP contribution in [0.2, 0.25) is 10.0 Å². The molecule has 3 aliphatic rings. The largest absolute Gasteiger partial charge is 0.284 e. The number of benzene rings is 2. The zero-order chi connectivity index (χ0) is 21.5. The van der Waals surface area contributed by atoms with Gasteiger partial charge in [-0.1, -0.05) is 66.9 Å². The van der Waals surface area contributed by atoms with Crippen LogP contribution in [-0.4, -0.2) is 29.7 Å². The van der Waals surface area contributed by atoms with E-state index in [0.29, 0.717) is 27.6 Å². The van der Waals surface area contributed by atoms with Gasteiger partial charge in [-0.05, 0) is 48.4 Å². The fraction of sp³-hybridized carbons (Fsp3) is 0.417. The molecule has 2 fully saturated rings. The Labute approximate surface area is 193 Å². The normalized spacial score (nSPS) is 28.0. The maximum atomic E-state index is 13.3. The number of carbonyl (C=O) groups excluding carboxylic acids is 1. The van der Waals surface area contributed by atoms with Crippen molar-refractivity contribution in [2.24, 2.45) is 22.9 Å². The predicted octanol–water partition coefficient (Wildman–Crippen LogP) is 5.31. The smallest absolute Gasteiger partial charge is 0.282 e. The van der Waals surface area contributed by atoms with Crippen molar-refractivity contribution < 1.29 is 4.79 Å². The lowest BCUT2D eigenvalue weighted by atomic mass is 9.91. The number of hydrazone groups is 1. The topological polar surface area (TPSA) is 47.9 Å². The summed E-state index contributed by atoms with van der Waals surface area (Å²) in [6.45, 7) is 3.93. The first kappa shape index (κ1) is 20.8. The van der Waals surface area contributed by atoms with Crippen LogP contribution in [0.15, 0.2) is 53.6 Å². The minimum absolute atomic E-state index is 0.101. The summed E-state index contributed by atoms with van der Waals surface area (Å²) in [4.78, 5) is 13.3. The molecular weight excluding hydrogens is 431 g/mol. The number of carbonyl (C=O) groups is 1. The van der Waals surface area contributed by atoms with Crippen LogP contribution < -0.4 is 10.4 Å². The van der Waals surface area contributed by atoms with Crippen LogP contribution in [0.25, 0.3) is 0 Å². The Kier molecular flexibility index (Phi) is 5.67. The Morgan fingerprint density at radius 3 is 2.45 bits per heavy atom. The lowest BCUT2D eigenvalue weighted by Gasteiger charge is -2.27. The highest BCUT2D eigenvalue weighted by Crippen LogP contribution is 2.42. The second kappa shape index (κ2) is 8.45. The Balaban J connectivity index is 1.43. The molecule has 0 aromatic heterocycles. The number of nitrogens with zero attached hydrogens (tertiary/aromatic N) is 3. The summed E-state index contributed by atoms with van der Waals surface area (Å²) in [6.07, 6.45) is 3.86. The number of nitrogens with one attached hydrogen (secondary N) is 1. The zero-order valence-electron chi connectivity index (χ0n) is 17.5. The highest BCUT2D eigenvalue weighted by Gasteiger charge is 2.42. The summed E-state index contributed by atoms with van der Waals surface area (Å²) < 4.78 is 0. The molecule has 31 heavy (non-hydrogen) atoms. The van der Waals surface area contributed by atoms with E-state index >= 15 is 0 Å². The number of hydrogen-bond donors (Lipinski definition) is 1. The van der Waals surface area contributed by atoms with E-state index in [1.165, 1.54) is 19.3 Å². The van der Waals surface area contributed by atoms with E-state index in [9.17, 15) is 4.79 Å². The number of anilines is 1. The number of rotatable bonds is 4. The molecule has 2 aromatic carbocycles. The first-order valence-electron chi connectivity index (χ1n) is 10.9. The van der Waals surface area contributed by atoms with Crippen molar-refractivity contribution in [2.45, 2.75) is 32.2 Å². The molecule has 4 atom stereocenters. The van der Waals surface area contributed by atoms with E-state index in [2.05, 4.69) is 29.5 Å². The van der Waals surface area contributed by atoms with Crippen LogP contribution in [0.4, 0.5) is 5.69 Å². The molecule has 4 unspecified atom stereocenters. The van der Waals surface area contributed by atoms with Gasteiger partial charge in [0.2, 0.25) is 0 Å². The van der Waals surface area contributed by atoms with E-state index in [-0.39, 0.29) is 17.9 Å². The molecule has 162 valence electrons. The van der Waals surface area contributed by atoms with Crippen molar-refractivity contribution in [1.29, 1.82) is 0 Å². The standard InChI is InChI=1S/C24H26Cl2N4O/c1-15-22(24(31)28-29-13-17-8-5-9-18(17)14-29)27-30(21-11-10-19(25)12-20(21)26)23(15)16-6-3-2-4-7-16/h2-4,6-7,10-12,15,17-18,23H,5,8-9,13-14H2,1H3,(H,28,31). The lowest BCUT2D eigenvalue weighted by molar-refractivity contribution is -0.119. The minimum Gasteiger partial charge on any atom is -0.284 e. The molecule has 1 amide bonds. The monoisotopic (exact) mass is 456 g/mol. The molecule has 0 spiro atoms. The molecule has 1 saturated carbocycles. The molecule has 7 heteroatoms. The number of hydrogen-bond acceptors (Lipinski definition) is 4. The van der Waals surface area contributed by atoms with Gasteiger partial charge in [0, 0.05) is 24.0 Å². The molecule has 1 N–H and O–H groups in total. The van der Waals surface area contributed by atoms with Crippen molar-refractivity contribution >= 4 is 40.5 Å². The fourth-order valence-corrected chi connectivity index (χ4v) is 5.86. The molecule has 0 radical (unpaired) electrons. The molecule has 1 aliphatic carbocycles. The fourth-order valence-electron chi connectivity index (χ4n) is 5.36. The van der Waals surface area contributed by atoms with E-state index in [1.54, 1.807) is 12.1 Å². The van der Waals surface area contributed by atoms with Crippen LogP contribution in [0, 0.1) is 17.8 Å². The molecule has 2 aromatic rings. The first-order chi connectivity index (χ1) is 15.0. The Bertz CT molecular complexity index is 1000. The molecule has 1 saturated heterocycles. The maximum Gasteiger partial charge on any atom is 0.282 e. The number of halogens is 2. The SMILES string of the molecule is CC1C(C(=O)NN2CC3CCCC3C2)=NN(c2ccc(Cl)cc2Cl)C1c1ccccc1. The van der Waals surface area contributed by atoms with Crippen molar-refractivity contribution in [3.05, 3.63) is 64.1 Å².